The molecule has 0 atom stereocenters. The quantitative estimate of drug-likeness (QED) is 0.116. The molecule has 0 unspecified atom stereocenters. The molecule has 0 aliphatic heterocycles. The van der Waals surface area contributed by atoms with Gasteiger partial charge in [0.25, 0.3) is 0 Å². The highest BCUT2D eigenvalue weighted by molar-refractivity contribution is 5.68. The van der Waals surface area contributed by atoms with Crippen molar-refractivity contribution in [2.75, 3.05) is 0 Å². The smallest absolute Gasteiger partial charge is 0.225 e. The molecule has 22 nitrogen and oxygen atoms in total. The normalized spacial score (nSPS) is 11.4. The molecule has 0 aliphatic rings. The lowest BCUT2D eigenvalue weighted by Crippen LogP contribution is -2.05. The molecule has 22 heteroatoms. The van der Waals surface area contributed by atoms with Crippen molar-refractivity contribution >= 4 is 0 Å². The van der Waals surface area contributed by atoms with E-state index in [0.717, 1.165) is 51.4 Å². The van der Waals surface area contributed by atoms with Crippen LogP contribution < -0.4 is 0 Å². The number of hydrogen-bond acceptors (Lipinski definition) is 18. The van der Waals surface area contributed by atoms with Crippen LogP contribution in [-0.4, -0.2) is 111 Å². The van der Waals surface area contributed by atoms with Crippen LogP contribution in [0.1, 0.15) is 51.4 Å². The van der Waals surface area contributed by atoms with E-state index in [-0.39, 0.29) is 0 Å². The Morgan fingerprint density at radius 2 is 0.700 bits per heavy atom. The molecular formula is C28H32N22. The Hall–Kier alpha value is -6.48. The summed E-state index contributed by atoms with van der Waals surface area (Å²) in [5, 5.41) is 51.0. The monoisotopic (exact) mass is 676 g/mol. The maximum atomic E-state index is 4.53. The number of aryl methyl sites for hydroxylation is 4. The van der Waals surface area contributed by atoms with Gasteiger partial charge in [-0.25, -0.2) is 19.9 Å². The Labute approximate surface area is 283 Å². The summed E-state index contributed by atoms with van der Waals surface area (Å²) in [5.41, 5.74) is 2.09. The second-order valence-electron chi connectivity index (χ2n) is 11.1. The Balaban J connectivity index is 0.823. The average Bonchev–Trinajstić information content (AvgIpc) is 4.00. The summed E-state index contributed by atoms with van der Waals surface area (Å²) >= 11 is 0. The van der Waals surface area contributed by atoms with Crippen LogP contribution in [0.2, 0.25) is 0 Å². The molecule has 0 aromatic carbocycles. The van der Waals surface area contributed by atoms with Gasteiger partial charge in [-0.1, -0.05) is 25.7 Å². The van der Waals surface area contributed by atoms with Gasteiger partial charge in [0.05, 0.1) is 38.6 Å². The van der Waals surface area contributed by atoms with Crippen molar-refractivity contribution in [3.05, 3.63) is 49.6 Å². The molecule has 0 saturated carbocycles. The Bertz CT molecular complexity index is 1900. The summed E-state index contributed by atoms with van der Waals surface area (Å²) in [4.78, 5) is 31.7. The van der Waals surface area contributed by atoms with Crippen LogP contribution in [-0.2, 0) is 26.2 Å². The predicted octanol–water partition coefficient (Wildman–Crippen LogP) is 1.19. The van der Waals surface area contributed by atoms with E-state index in [1.807, 2.05) is 0 Å². The lowest BCUT2D eigenvalue weighted by Gasteiger charge is -2.01. The Kier molecular flexibility index (Phi) is 10.3. The minimum absolute atomic E-state index is 0.353. The summed E-state index contributed by atoms with van der Waals surface area (Å²) in [7, 11) is 0. The van der Waals surface area contributed by atoms with Gasteiger partial charge < -0.3 is 0 Å². The second kappa shape index (κ2) is 16.1. The lowest BCUT2D eigenvalue weighted by molar-refractivity contribution is 0.449. The van der Waals surface area contributed by atoms with Crippen molar-refractivity contribution in [3.63, 3.8) is 0 Å². The van der Waals surface area contributed by atoms with Gasteiger partial charge in [-0.2, -0.15) is 19.2 Å². The van der Waals surface area contributed by atoms with Crippen molar-refractivity contribution < 1.29 is 0 Å². The van der Waals surface area contributed by atoms with E-state index in [9.17, 15) is 0 Å². The largest absolute Gasteiger partial charge is 0.261 e. The van der Waals surface area contributed by atoms with Crippen LogP contribution in [0.3, 0.4) is 0 Å². The molecule has 0 saturated heterocycles. The number of nitrogens with zero attached hydrogens (tertiary/aromatic N) is 22. The zero-order chi connectivity index (χ0) is 33.8. The summed E-state index contributed by atoms with van der Waals surface area (Å²) in [5.74, 6) is 1.64. The van der Waals surface area contributed by atoms with Crippen LogP contribution >= 0.6 is 0 Å². The van der Waals surface area contributed by atoms with Crippen LogP contribution in [0.25, 0.3) is 46.1 Å². The maximum Gasteiger partial charge on any atom is 0.225 e. The zero-order valence-corrected chi connectivity index (χ0v) is 26.9. The van der Waals surface area contributed by atoms with E-state index >= 15 is 0 Å². The topological polar surface area (TPSA) is 252 Å². The molecule has 50 heavy (non-hydrogen) atoms. The fourth-order valence-electron chi connectivity index (χ4n) is 4.96. The van der Waals surface area contributed by atoms with Gasteiger partial charge in [0.2, 0.25) is 23.3 Å². The van der Waals surface area contributed by atoms with E-state index in [4.69, 9.17) is 0 Å². The minimum Gasteiger partial charge on any atom is -0.261 e. The third-order valence-corrected chi connectivity index (χ3v) is 7.45. The van der Waals surface area contributed by atoms with Crippen LogP contribution in [0.15, 0.2) is 49.6 Å². The molecule has 0 spiro atoms. The van der Waals surface area contributed by atoms with E-state index in [1.165, 1.54) is 0 Å². The summed E-state index contributed by atoms with van der Waals surface area (Å²) in [6.45, 7) is 2.58. The summed E-state index contributed by atoms with van der Waals surface area (Å²) in [6, 6.07) is 0. The van der Waals surface area contributed by atoms with Crippen molar-refractivity contribution in [2.24, 2.45) is 0 Å². The summed E-state index contributed by atoms with van der Waals surface area (Å²) < 4.78 is 0. The van der Waals surface area contributed by atoms with Gasteiger partial charge in [-0.15, -0.1) is 40.8 Å². The van der Waals surface area contributed by atoms with Gasteiger partial charge in [0.15, 0.2) is 0 Å². The molecule has 0 aliphatic carbocycles. The minimum atomic E-state index is 0.353. The lowest BCUT2D eigenvalue weighted by atomic mass is 10.2. The van der Waals surface area contributed by atoms with Crippen molar-refractivity contribution in [3.8, 4) is 46.1 Å². The van der Waals surface area contributed by atoms with Crippen LogP contribution in [0, 0.1) is 0 Å². The first kappa shape index (κ1) is 32.1. The molecule has 7 rings (SSSR count). The number of hydrogen-bond donors (Lipinski definition) is 0. The molecule has 0 fully saturated rings. The van der Waals surface area contributed by atoms with Gasteiger partial charge in [0, 0.05) is 37.2 Å². The molecule has 7 aromatic heterocycles. The van der Waals surface area contributed by atoms with E-state index in [0.29, 0.717) is 72.3 Å². The third-order valence-electron chi connectivity index (χ3n) is 7.45. The van der Waals surface area contributed by atoms with Crippen LogP contribution in [0.5, 0.6) is 0 Å². The van der Waals surface area contributed by atoms with Gasteiger partial charge in [-0.05, 0) is 46.5 Å². The standard InChI is InChI=1S/C28H32N22/c1(5-15-47-39-25(35-43-47)21-19-29-9-11-31-21)3-7-17-49-41-27(37-45-49)23-24(34-14-13-33-23)28-38-46-50(42-28)18-8-4-2-6-16-48-40-26(36-44-48)22-20-30-10-12-32-22/h9-14,19-20H,1-8,15-18H2. The SMILES string of the molecule is c1cnc(-c2nnn(CCCCCCn3nnc(-c4nccnc4-c4nnn(CCCCCCn5nnc(-c6cnccn6)n5)n4)n3)n2)cn1. The molecule has 7 aromatic rings. The van der Waals surface area contributed by atoms with E-state index in [2.05, 4.69) is 91.5 Å². The number of tetrazole rings is 4. The first-order valence-corrected chi connectivity index (χ1v) is 16.2. The number of aromatic nitrogens is 22. The number of unbranched alkanes of at least 4 members (excludes halogenated alkanes) is 6. The van der Waals surface area contributed by atoms with Crippen LogP contribution in [0.4, 0.5) is 0 Å². The van der Waals surface area contributed by atoms with Crippen molar-refractivity contribution in [1.82, 2.24) is 111 Å². The fourth-order valence-corrected chi connectivity index (χ4v) is 4.96. The van der Waals surface area contributed by atoms with Gasteiger partial charge in [-0.3, -0.25) is 9.97 Å². The molecule has 0 bridgehead atoms. The molecule has 0 N–H and O–H groups in total. The van der Waals surface area contributed by atoms with E-state index < -0.39 is 0 Å². The van der Waals surface area contributed by atoms with Crippen molar-refractivity contribution in [2.45, 2.75) is 77.5 Å². The fraction of sp³-hybridized carbons (Fsp3) is 0.429. The molecule has 254 valence electrons. The average molecular weight is 677 g/mol. The van der Waals surface area contributed by atoms with Gasteiger partial charge in [0.1, 0.15) is 22.8 Å². The Morgan fingerprint density at radius 1 is 0.360 bits per heavy atom. The molecule has 0 radical (unpaired) electrons. The highest BCUT2D eigenvalue weighted by atomic mass is 15.6. The molecule has 0 amide bonds. The first-order chi connectivity index (χ1) is 24.8. The zero-order valence-electron chi connectivity index (χ0n) is 26.9. The van der Waals surface area contributed by atoms with Gasteiger partial charge >= 0.3 is 0 Å². The highest BCUT2D eigenvalue weighted by Gasteiger charge is 2.19. The van der Waals surface area contributed by atoms with E-state index in [1.54, 1.807) is 68.8 Å². The summed E-state index contributed by atoms with van der Waals surface area (Å²) in [6.07, 6.45) is 20.4. The predicted molar refractivity (Wildman–Crippen MR) is 170 cm³/mol. The maximum absolute atomic E-state index is 4.53. The Morgan fingerprint density at radius 3 is 1.06 bits per heavy atom. The highest BCUT2D eigenvalue weighted by Crippen LogP contribution is 2.22. The third kappa shape index (κ3) is 8.32. The number of rotatable bonds is 18. The first-order valence-electron chi connectivity index (χ1n) is 16.2. The van der Waals surface area contributed by atoms with Crippen molar-refractivity contribution in [1.29, 1.82) is 0 Å². The molecular weight excluding hydrogens is 644 g/mol. The molecule has 7 heterocycles. The second-order valence-corrected chi connectivity index (χ2v) is 11.1.